The Hall–Kier alpha value is -2.50. The molecule has 166 valence electrons. The van der Waals surface area contributed by atoms with Crippen molar-refractivity contribution in [2.45, 2.75) is 51.5 Å². The molecule has 1 saturated heterocycles. The van der Waals surface area contributed by atoms with Crippen LogP contribution in [-0.4, -0.2) is 32.8 Å². The van der Waals surface area contributed by atoms with Gasteiger partial charge in [-0.25, -0.2) is 4.98 Å². The molecule has 2 aliphatic rings. The van der Waals surface area contributed by atoms with Crippen LogP contribution in [0.4, 0.5) is 5.13 Å². The predicted molar refractivity (Wildman–Crippen MR) is 135 cm³/mol. The molecule has 0 atom stereocenters. The lowest BCUT2D eigenvalue weighted by Crippen LogP contribution is -2.29. The number of nitriles is 1. The van der Waals surface area contributed by atoms with Crippen LogP contribution in [0, 0.1) is 11.3 Å². The lowest BCUT2D eigenvalue weighted by atomic mass is 10.1. The van der Waals surface area contributed by atoms with Crippen molar-refractivity contribution in [3.63, 3.8) is 0 Å². The largest absolute Gasteiger partial charge is 0.348 e. The molecule has 0 spiro atoms. The molecule has 0 unspecified atom stereocenters. The Morgan fingerprint density at radius 2 is 1.72 bits per heavy atom. The topological polar surface area (TPSA) is 70.6 Å². The van der Waals surface area contributed by atoms with Gasteiger partial charge in [-0.3, -0.25) is 0 Å². The normalized spacial score (nSPS) is 16.6. The quantitative estimate of drug-likeness (QED) is 0.417. The predicted octanol–water partition coefficient (Wildman–Crippen LogP) is 5.76. The van der Waals surface area contributed by atoms with Gasteiger partial charge in [0.05, 0.1) is 16.1 Å². The standard InChI is InChI=1S/C24H26N6S.BrH/c25-17-19(23-28-27-21-12-6-2-9-15-30(21)23)16-20-22(18-10-4-1-5-11-18)26-24(31-20)29-13-7-3-8-14-29;/h1,4-5,10-11,16H,2-3,6-9,12-15H2;1H/b19-16+;. The highest BCUT2D eigenvalue weighted by atomic mass is 79.9. The van der Waals surface area contributed by atoms with Crippen molar-refractivity contribution in [2.75, 3.05) is 18.0 Å². The van der Waals surface area contributed by atoms with Crippen LogP contribution in [0.3, 0.4) is 0 Å². The Labute approximate surface area is 203 Å². The Kier molecular flexibility index (Phi) is 7.38. The second kappa shape index (κ2) is 10.4. The molecule has 2 aliphatic heterocycles. The smallest absolute Gasteiger partial charge is 0.186 e. The van der Waals surface area contributed by atoms with Crippen molar-refractivity contribution >= 4 is 45.1 Å². The highest BCUT2D eigenvalue weighted by molar-refractivity contribution is 8.93. The van der Waals surface area contributed by atoms with Gasteiger partial charge >= 0.3 is 0 Å². The van der Waals surface area contributed by atoms with Gasteiger partial charge < -0.3 is 9.47 Å². The van der Waals surface area contributed by atoms with Crippen molar-refractivity contribution in [2.24, 2.45) is 0 Å². The number of benzene rings is 1. The molecule has 6 nitrogen and oxygen atoms in total. The molecule has 1 aromatic carbocycles. The third-order valence-electron chi connectivity index (χ3n) is 6.06. The lowest BCUT2D eigenvalue weighted by Gasteiger charge is -2.25. The maximum atomic E-state index is 10.0. The number of anilines is 1. The molecular weight excluding hydrogens is 484 g/mol. The van der Waals surface area contributed by atoms with Crippen molar-refractivity contribution in [1.82, 2.24) is 19.7 Å². The summed E-state index contributed by atoms with van der Waals surface area (Å²) in [6.07, 6.45) is 10.0. The lowest BCUT2D eigenvalue weighted by molar-refractivity contribution is 0.577. The Balaban J connectivity index is 0.00000245. The van der Waals surface area contributed by atoms with E-state index in [1.807, 2.05) is 24.3 Å². The van der Waals surface area contributed by atoms with Crippen LogP contribution in [-0.2, 0) is 13.0 Å². The molecule has 0 bridgehead atoms. The minimum atomic E-state index is 0. The maximum absolute atomic E-state index is 10.0. The van der Waals surface area contributed by atoms with Crippen LogP contribution in [0.2, 0.25) is 0 Å². The van der Waals surface area contributed by atoms with Gasteiger partial charge in [0.25, 0.3) is 0 Å². The molecule has 32 heavy (non-hydrogen) atoms. The Morgan fingerprint density at radius 3 is 2.50 bits per heavy atom. The summed E-state index contributed by atoms with van der Waals surface area (Å²) in [5.74, 6) is 1.68. The zero-order chi connectivity index (χ0) is 21.0. The van der Waals surface area contributed by atoms with Gasteiger partial charge in [-0.05, 0) is 38.2 Å². The summed E-state index contributed by atoms with van der Waals surface area (Å²) in [6.45, 7) is 2.98. The van der Waals surface area contributed by atoms with Crippen molar-refractivity contribution < 1.29 is 0 Å². The molecule has 2 aromatic heterocycles. The third kappa shape index (κ3) is 4.64. The van der Waals surface area contributed by atoms with Gasteiger partial charge in [-0.15, -0.1) is 27.2 Å². The number of halogens is 1. The van der Waals surface area contributed by atoms with Crippen LogP contribution in [0.5, 0.6) is 0 Å². The zero-order valence-corrected chi connectivity index (χ0v) is 20.6. The summed E-state index contributed by atoms with van der Waals surface area (Å²) in [5, 5.41) is 19.9. The van der Waals surface area contributed by atoms with Crippen molar-refractivity contribution in [3.05, 3.63) is 46.9 Å². The number of piperidine rings is 1. The summed E-state index contributed by atoms with van der Waals surface area (Å²) < 4.78 is 2.14. The van der Waals surface area contributed by atoms with Crippen LogP contribution in [0.15, 0.2) is 30.3 Å². The Bertz CT molecular complexity index is 1120. The second-order valence-electron chi connectivity index (χ2n) is 8.19. The van der Waals surface area contributed by atoms with Crippen LogP contribution in [0.25, 0.3) is 22.9 Å². The SMILES string of the molecule is Br.N#C/C(=C\c1sc(N2CCCCC2)nc1-c1ccccc1)c1nnc2n1CCCCC2. The first-order valence-corrected chi connectivity index (χ1v) is 12.0. The molecule has 5 rings (SSSR count). The van der Waals surface area contributed by atoms with Gasteiger partial charge in [0.2, 0.25) is 0 Å². The monoisotopic (exact) mass is 510 g/mol. The zero-order valence-electron chi connectivity index (χ0n) is 18.0. The number of aromatic nitrogens is 4. The van der Waals surface area contributed by atoms with Gasteiger partial charge in [-0.1, -0.05) is 48.1 Å². The van der Waals surface area contributed by atoms with Crippen molar-refractivity contribution in [1.29, 1.82) is 5.26 Å². The van der Waals surface area contributed by atoms with E-state index >= 15 is 0 Å². The number of rotatable bonds is 4. The van der Waals surface area contributed by atoms with E-state index in [0.717, 1.165) is 66.0 Å². The van der Waals surface area contributed by atoms with E-state index in [0.29, 0.717) is 11.4 Å². The molecule has 0 aliphatic carbocycles. The summed E-state index contributed by atoms with van der Waals surface area (Å²) >= 11 is 1.67. The highest BCUT2D eigenvalue weighted by Crippen LogP contribution is 2.36. The molecule has 0 amide bonds. The number of fused-ring (bicyclic) bond motifs is 1. The number of nitrogens with zero attached hydrogens (tertiary/aromatic N) is 6. The first-order valence-electron chi connectivity index (χ1n) is 11.2. The van der Waals surface area contributed by atoms with E-state index in [1.165, 1.54) is 25.7 Å². The number of allylic oxidation sites excluding steroid dienone is 1. The van der Waals surface area contributed by atoms with Crippen molar-refractivity contribution in [3.8, 4) is 17.3 Å². The molecule has 8 heteroatoms. The number of hydrogen-bond donors (Lipinski definition) is 0. The molecule has 0 radical (unpaired) electrons. The fourth-order valence-electron chi connectivity index (χ4n) is 4.40. The maximum Gasteiger partial charge on any atom is 0.186 e. The summed E-state index contributed by atoms with van der Waals surface area (Å²) in [6, 6.07) is 12.6. The van der Waals surface area contributed by atoms with Gasteiger partial charge in [0.1, 0.15) is 11.9 Å². The number of hydrogen-bond acceptors (Lipinski definition) is 6. The summed E-state index contributed by atoms with van der Waals surface area (Å²) in [4.78, 5) is 8.41. The Morgan fingerprint density at radius 1 is 0.969 bits per heavy atom. The van der Waals surface area contributed by atoms with E-state index in [4.69, 9.17) is 4.98 Å². The van der Waals surface area contributed by atoms with E-state index in [2.05, 4.69) is 37.9 Å². The van der Waals surface area contributed by atoms with Gasteiger partial charge in [0, 0.05) is 31.6 Å². The van der Waals surface area contributed by atoms with E-state index in [1.54, 1.807) is 11.3 Å². The molecule has 0 saturated carbocycles. The van der Waals surface area contributed by atoms with Crippen LogP contribution in [0.1, 0.15) is 55.1 Å². The number of aryl methyl sites for hydroxylation is 1. The third-order valence-corrected chi connectivity index (χ3v) is 7.13. The highest BCUT2D eigenvalue weighted by Gasteiger charge is 2.21. The molecule has 3 aromatic rings. The fourth-order valence-corrected chi connectivity index (χ4v) is 5.49. The molecule has 0 N–H and O–H groups in total. The minimum absolute atomic E-state index is 0. The molecule has 1 fully saturated rings. The van der Waals surface area contributed by atoms with E-state index in [9.17, 15) is 5.26 Å². The van der Waals surface area contributed by atoms with Crippen LogP contribution < -0.4 is 4.90 Å². The van der Waals surface area contributed by atoms with Crippen LogP contribution >= 0.6 is 28.3 Å². The first kappa shape index (κ1) is 22.7. The average molecular weight is 511 g/mol. The van der Waals surface area contributed by atoms with E-state index < -0.39 is 0 Å². The van der Waals surface area contributed by atoms with Gasteiger partial charge in [-0.2, -0.15) is 5.26 Å². The summed E-state index contributed by atoms with van der Waals surface area (Å²) in [7, 11) is 0. The average Bonchev–Trinajstić information content (AvgIpc) is 3.35. The van der Waals surface area contributed by atoms with E-state index in [-0.39, 0.29) is 17.0 Å². The number of thiazole rings is 1. The fraction of sp³-hybridized carbons (Fsp3) is 0.417. The molecular formula is C24H27BrN6S. The minimum Gasteiger partial charge on any atom is -0.348 e. The second-order valence-corrected chi connectivity index (χ2v) is 9.20. The van der Waals surface area contributed by atoms with Gasteiger partial charge in [0.15, 0.2) is 11.0 Å². The first-order chi connectivity index (χ1) is 15.3. The molecule has 4 heterocycles. The summed E-state index contributed by atoms with van der Waals surface area (Å²) in [5.41, 5.74) is 2.58.